The van der Waals surface area contributed by atoms with Crippen molar-refractivity contribution in [2.24, 2.45) is 0 Å². The van der Waals surface area contributed by atoms with Crippen LogP contribution in [0.5, 0.6) is 0 Å². The zero-order valence-corrected chi connectivity index (χ0v) is 13.4. The highest BCUT2D eigenvalue weighted by atomic mass is 16.6. The molecule has 1 aliphatic heterocycles. The molecule has 1 aromatic rings. The number of nitro benzene ring substituents is 1. The molecule has 8 nitrogen and oxygen atoms in total. The SMILES string of the molecule is CCOC(=O)N1CCN(C(=O)/C=C/c2ccccc2[N+](=O)[O-])CC1. The molecule has 1 heterocycles. The van der Waals surface area contributed by atoms with Crippen molar-refractivity contribution in [3.8, 4) is 0 Å². The summed E-state index contributed by atoms with van der Waals surface area (Å²) in [5.41, 5.74) is 0.328. The summed E-state index contributed by atoms with van der Waals surface area (Å²) in [7, 11) is 0. The average molecular weight is 333 g/mol. The van der Waals surface area contributed by atoms with Crippen LogP contribution in [0.2, 0.25) is 0 Å². The van der Waals surface area contributed by atoms with Crippen LogP contribution in [0.25, 0.3) is 6.08 Å². The highest BCUT2D eigenvalue weighted by Gasteiger charge is 2.23. The lowest BCUT2D eigenvalue weighted by molar-refractivity contribution is -0.385. The van der Waals surface area contributed by atoms with Crippen LogP contribution in [-0.4, -0.2) is 59.5 Å². The van der Waals surface area contributed by atoms with E-state index in [9.17, 15) is 19.7 Å². The van der Waals surface area contributed by atoms with Gasteiger partial charge in [-0.25, -0.2) is 4.79 Å². The fourth-order valence-corrected chi connectivity index (χ4v) is 2.39. The molecule has 0 N–H and O–H groups in total. The standard InChI is InChI=1S/C16H19N3O5/c1-2-24-16(21)18-11-9-17(10-12-18)15(20)8-7-13-5-3-4-6-14(13)19(22)23/h3-8H,2,9-12H2,1H3/b8-7+. The summed E-state index contributed by atoms with van der Waals surface area (Å²) in [6.07, 6.45) is 2.39. The van der Waals surface area contributed by atoms with Gasteiger partial charge in [0.25, 0.3) is 5.69 Å². The maximum Gasteiger partial charge on any atom is 0.409 e. The monoisotopic (exact) mass is 333 g/mol. The van der Waals surface area contributed by atoms with E-state index in [0.717, 1.165) is 0 Å². The third-order valence-electron chi connectivity index (χ3n) is 3.66. The Morgan fingerprint density at radius 1 is 1.21 bits per heavy atom. The van der Waals surface area contributed by atoms with E-state index < -0.39 is 4.92 Å². The van der Waals surface area contributed by atoms with Crippen LogP contribution in [0.4, 0.5) is 10.5 Å². The fourth-order valence-electron chi connectivity index (χ4n) is 2.39. The highest BCUT2D eigenvalue weighted by molar-refractivity contribution is 5.92. The maximum atomic E-state index is 12.2. The van der Waals surface area contributed by atoms with E-state index in [2.05, 4.69) is 0 Å². The Morgan fingerprint density at radius 2 is 1.83 bits per heavy atom. The van der Waals surface area contributed by atoms with Crippen molar-refractivity contribution in [2.45, 2.75) is 6.92 Å². The molecule has 0 radical (unpaired) electrons. The molecule has 0 aliphatic carbocycles. The number of benzene rings is 1. The van der Waals surface area contributed by atoms with Gasteiger partial charge >= 0.3 is 6.09 Å². The second-order valence-corrected chi connectivity index (χ2v) is 5.16. The Balaban J connectivity index is 1.95. The Kier molecular flexibility index (Phi) is 5.89. The van der Waals surface area contributed by atoms with Crippen LogP contribution in [0.15, 0.2) is 30.3 Å². The third kappa shape index (κ3) is 4.31. The number of nitrogens with zero attached hydrogens (tertiary/aromatic N) is 3. The van der Waals surface area contributed by atoms with Crippen molar-refractivity contribution < 1.29 is 19.2 Å². The summed E-state index contributed by atoms with van der Waals surface area (Å²) in [5.74, 6) is -0.239. The number of hydrogen-bond acceptors (Lipinski definition) is 5. The van der Waals surface area contributed by atoms with Gasteiger partial charge in [-0.15, -0.1) is 0 Å². The first-order valence-corrected chi connectivity index (χ1v) is 7.65. The molecule has 0 atom stereocenters. The Labute approximate surface area is 139 Å². The quantitative estimate of drug-likeness (QED) is 0.477. The van der Waals surface area contributed by atoms with E-state index in [1.54, 1.807) is 34.9 Å². The minimum absolute atomic E-state index is 0.0475. The molecule has 128 valence electrons. The van der Waals surface area contributed by atoms with Gasteiger partial charge in [0, 0.05) is 38.3 Å². The minimum atomic E-state index is -0.484. The molecular weight excluding hydrogens is 314 g/mol. The van der Waals surface area contributed by atoms with Crippen molar-refractivity contribution >= 4 is 23.8 Å². The van der Waals surface area contributed by atoms with Crippen molar-refractivity contribution in [2.75, 3.05) is 32.8 Å². The Morgan fingerprint density at radius 3 is 2.46 bits per heavy atom. The first-order chi connectivity index (χ1) is 11.5. The molecular formula is C16H19N3O5. The molecule has 1 aliphatic rings. The van der Waals surface area contributed by atoms with Gasteiger partial charge in [0.1, 0.15) is 0 Å². The minimum Gasteiger partial charge on any atom is -0.450 e. The van der Waals surface area contributed by atoms with Crippen LogP contribution in [-0.2, 0) is 9.53 Å². The Bertz CT molecular complexity index is 651. The zero-order valence-electron chi connectivity index (χ0n) is 13.4. The smallest absolute Gasteiger partial charge is 0.409 e. The number of carbonyl (C=O) groups is 2. The average Bonchev–Trinajstić information content (AvgIpc) is 2.60. The van der Waals surface area contributed by atoms with Gasteiger partial charge in [-0.1, -0.05) is 12.1 Å². The summed E-state index contributed by atoms with van der Waals surface area (Å²) in [5, 5.41) is 10.9. The van der Waals surface area contributed by atoms with Gasteiger partial charge in [-0.3, -0.25) is 14.9 Å². The molecule has 8 heteroatoms. The number of hydrogen-bond donors (Lipinski definition) is 0. The summed E-state index contributed by atoms with van der Waals surface area (Å²) in [4.78, 5) is 37.4. The Hall–Kier alpha value is -2.90. The second kappa shape index (κ2) is 8.09. The number of rotatable bonds is 4. The molecule has 2 amide bonds. The van der Waals surface area contributed by atoms with Crippen LogP contribution in [0.3, 0.4) is 0 Å². The molecule has 0 unspecified atom stereocenters. The van der Waals surface area contributed by atoms with Crippen molar-refractivity contribution in [1.82, 2.24) is 9.80 Å². The van der Waals surface area contributed by atoms with Gasteiger partial charge in [0.05, 0.1) is 17.1 Å². The van der Waals surface area contributed by atoms with E-state index in [1.165, 1.54) is 18.2 Å². The number of amides is 2. The van der Waals surface area contributed by atoms with E-state index in [1.807, 2.05) is 0 Å². The number of ether oxygens (including phenoxy) is 1. The maximum absolute atomic E-state index is 12.2. The molecule has 24 heavy (non-hydrogen) atoms. The normalized spacial score (nSPS) is 14.7. The summed E-state index contributed by atoms with van der Waals surface area (Å²) >= 11 is 0. The molecule has 1 aromatic carbocycles. The third-order valence-corrected chi connectivity index (χ3v) is 3.66. The number of carbonyl (C=O) groups excluding carboxylic acids is 2. The summed E-state index contributed by atoms with van der Waals surface area (Å²) in [6, 6.07) is 6.23. The van der Waals surface area contributed by atoms with E-state index in [4.69, 9.17) is 4.74 Å². The molecule has 0 spiro atoms. The first kappa shape index (κ1) is 17.5. The topological polar surface area (TPSA) is 93.0 Å². The zero-order chi connectivity index (χ0) is 17.5. The van der Waals surface area contributed by atoms with Gasteiger partial charge in [0.15, 0.2) is 0 Å². The second-order valence-electron chi connectivity index (χ2n) is 5.16. The summed E-state index contributed by atoms with van der Waals surface area (Å²) in [6.45, 7) is 3.67. The number of nitro groups is 1. The highest BCUT2D eigenvalue weighted by Crippen LogP contribution is 2.19. The molecule has 0 saturated carbocycles. The van der Waals surface area contributed by atoms with Crippen LogP contribution < -0.4 is 0 Å². The lowest BCUT2D eigenvalue weighted by atomic mass is 10.1. The van der Waals surface area contributed by atoms with Crippen molar-refractivity contribution in [3.63, 3.8) is 0 Å². The molecule has 1 fully saturated rings. The first-order valence-electron chi connectivity index (χ1n) is 7.65. The number of piperazine rings is 1. The van der Waals surface area contributed by atoms with Crippen LogP contribution in [0, 0.1) is 10.1 Å². The predicted octanol–water partition coefficient (Wildman–Crippen LogP) is 1.91. The largest absolute Gasteiger partial charge is 0.450 e. The van der Waals surface area contributed by atoms with Gasteiger partial charge in [0.2, 0.25) is 5.91 Å². The van der Waals surface area contributed by atoms with Crippen molar-refractivity contribution in [1.29, 1.82) is 0 Å². The lowest BCUT2D eigenvalue weighted by Gasteiger charge is -2.33. The van der Waals surface area contributed by atoms with Gasteiger partial charge in [-0.05, 0) is 19.1 Å². The molecule has 0 bridgehead atoms. The molecule has 1 saturated heterocycles. The van der Waals surface area contributed by atoms with Crippen molar-refractivity contribution in [3.05, 3.63) is 46.0 Å². The predicted molar refractivity (Wildman–Crippen MR) is 87.3 cm³/mol. The molecule has 2 rings (SSSR count). The van der Waals surface area contributed by atoms with E-state index >= 15 is 0 Å². The number of para-hydroxylation sites is 1. The van der Waals surface area contributed by atoms with Crippen LogP contribution >= 0.6 is 0 Å². The van der Waals surface area contributed by atoms with E-state index in [0.29, 0.717) is 38.3 Å². The fraction of sp³-hybridized carbons (Fsp3) is 0.375. The van der Waals surface area contributed by atoms with Gasteiger partial charge in [-0.2, -0.15) is 0 Å². The molecule has 0 aromatic heterocycles. The van der Waals surface area contributed by atoms with Gasteiger partial charge < -0.3 is 14.5 Å². The summed E-state index contributed by atoms with van der Waals surface area (Å²) < 4.78 is 4.92. The van der Waals surface area contributed by atoms with E-state index in [-0.39, 0.29) is 17.7 Å². The van der Waals surface area contributed by atoms with Crippen LogP contribution in [0.1, 0.15) is 12.5 Å². The lowest BCUT2D eigenvalue weighted by Crippen LogP contribution is -2.50.